The minimum Gasteiger partial charge on any atom is -0.356 e. The number of anilines is 10. The number of hydrogen-bond acceptors (Lipinski definition) is 4. The lowest BCUT2D eigenvalue weighted by Crippen LogP contribution is -2.26. The molecule has 0 heterocycles. The molecular weight excluding hydrogens is 1610 g/mol. The standard InChI is InChI=1S/C74H48N2.C25H15Br.C24H20N2/c1-3-19-51(20-4-1)75(55-43-45-63-61-27-11-17-33-69(61)73(71(63)47-55)65-29-13-7-23-57(65)58-24-8-14-30-66(58)73)53-39-35-49(36-40-53)50-37-41-54(42-38-50)76(52-21-5-2-6-22-52)56-44-46-64-62-28-12-18-34-70(62)74(72(64)48-56)67-31-15-9-25-59(67)60-26-10-16-32-68(60)74;26-16-13-14-20-19-9-3-6-12-23(19)25(24(20)15-16)21-10-4-1-7-17(21)18-8-2-5-11-22(18)25;1-3-7-21(8-4-1)25-23-15-11-19(12-16-23)20-13-17-24(18-14-20)26-22-9-5-2-6-10-22/h1-48H;1-15H;1-18,25-26H. The Balaban J connectivity index is 0.000000141. The van der Waals surface area contributed by atoms with Crippen molar-refractivity contribution in [3.63, 3.8) is 0 Å². The average Bonchev–Trinajstić information content (AvgIpc) is 1.52. The largest absolute Gasteiger partial charge is 0.356 e. The van der Waals surface area contributed by atoms with Gasteiger partial charge in [-0.2, -0.15) is 0 Å². The minimum absolute atomic E-state index is 0.219. The molecule has 602 valence electrons. The Labute approximate surface area is 755 Å². The molecule has 128 heavy (non-hydrogen) atoms. The van der Waals surface area contributed by atoms with Crippen LogP contribution in [-0.4, -0.2) is 0 Å². The first kappa shape index (κ1) is 75.8. The van der Waals surface area contributed by atoms with Crippen molar-refractivity contribution in [1.82, 2.24) is 0 Å². The van der Waals surface area contributed by atoms with E-state index in [2.05, 4.69) is 491 Å². The van der Waals surface area contributed by atoms with Gasteiger partial charge >= 0.3 is 0 Å². The maximum absolute atomic E-state index is 3.72. The van der Waals surface area contributed by atoms with E-state index in [4.69, 9.17) is 0 Å². The van der Waals surface area contributed by atoms with Gasteiger partial charge in [-0.3, -0.25) is 0 Å². The van der Waals surface area contributed by atoms with Gasteiger partial charge in [0.05, 0.1) is 16.2 Å². The van der Waals surface area contributed by atoms with E-state index in [0.717, 1.165) is 72.5 Å². The molecule has 3 spiro atoms. The molecule has 0 unspecified atom stereocenters. The highest BCUT2D eigenvalue weighted by Crippen LogP contribution is 2.67. The van der Waals surface area contributed by atoms with E-state index in [1.165, 1.54) is 145 Å². The number of halogens is 1. The number of rotatable bonds is 12. The first-order chi connectivity index (χ1) is 63.4. The molecular formula is C123H83BrN4. The van der Waals surface area contributed by atoms with Crippen LogP contribution in [0.25, 0.3) is 89.0 Å². The Hall–Kier alpha value is -15.9. The molecule has 0 aromatic heterocycles. The van der Waals surface area contributed by atoms with E-state index in [0.29, 0.717) is 0 Å². The summed E-state index contributed by atoms with van der Waals surface area (Å²) in [5.41, 5.74) is 46.8. The second-order valence-electron chi connectivity index (χ2n) is 33.9. The Morgan fingerprint density at radius 3 is 0.602 bits per heavy atom. The van der Waals surface area contributed by atoms with Gasteiger partial charge < -0.3 is 20.4 Å². The second-order valence-corrected chi connectivity index (χ2v) is 34.8. The highest BCUT2D eigenvalue weighted by Gasteiger charge is 2.55. The predicted molar refractivity (Wildman–Crippen MR) is 536 cm³/mol. The summed E-state index contributed by atoms with van der Waals surface area (Å²) in [4.78, 5) is 4.83. The summed E-state index contributed by atoms with van der Waals surface area (Å²) in [6.45, 7) is 0. The van der Waals surface area contributed by atoms with Crippen LogP contribution >= 0.6 is 15.9 Å². The van der Waals surface area contributed by atoms with Gasteiger partial charge in [0.2, 0.25) is 0 Å². The van der Waals surface area contributed by atoms with Crippen LogP contribution in [0.1, 0.15) is 66.8 Å². The van der Waals surface area contributed by atoms with Gasteiger partial charge in [-0.25, -0.2) is 0 Å². The third-order valence-corrected chi connectivity index (χ3v) is 27.8. The van der Waals surface area contributed by atoms with Crippen LogP contribution in [0.3, 0.4) is 0 Å². The Bertz CT molecular complexity index is 7130. The molecule has 4 nitrogen and oxygen atoms in total. The molecule has 20 aromatic carbocycles. The van der Waals surface area contributed by atoms with E-state index in [1.807, 2.05) is 36.4 Å². The molecule has 0 saturated carbocycles. The molecule has 0 aliphatic heterocycles. The molecule has 26 rings (SSSR count). The lowest BCUT2D eigenvalue weighted by Gasteiger charge is -2.32. The highest BCUT2D eigenvalue weighted by atomic mass is 79.9. The van der Waals surface area contributed by atoms with Crippen molar-refractivity contribution >= 4 is 72.8 Å². The summed E-state index contributed by atoms with van der Waals surface area (Å²) in [6.07, 6.45) is 0. The lowest BCUT2D eigenvalue weighted by atomic mass is 9.70. The van der Waals surface area contributed by atoms with Crippen LogP contribution in [0, 0.1) is 0 Å². The van der Waals surface area contributed by atoms with E-state index in [-0.39, 0.29) is 5.41 Å². The molecule has 0 amide bonds. The van der Waals surface area contributed by atoms with Crippen LogP contribution in [-0.2, 0) is 16.2 Å². The van der Waals surface area contributed by atoms with Gasteiger partial charge in [0, 0.05) is 61.3 Å². The highest BCUT2D eigenvalue weighted by molar-refractivity contribution is 9.10. The molecule has 6 aliphatic carbocycles. The van der Waals surface area contributed by atoms with E-state index in [1.54, 1.807) is 0 Å². The van der Waals surface area contributed by atoms with Crippen molar-refractivity contribution in [3.05, 3.63) is 563 Å². The third kappa shape index (κ3) is 12.0. The number of hydrogen-bond donors (Lipinski definition) is 2. The molecule has 0 bridgehead atoms. The number of benzene rings is 20. The molecule has 2 N–H and O–H groups in total. The molecule has 6 aliphatic rings. The topological polar surface area (TPSA) is 30.5 Å². The molecule has 0 atom stereocenters. The van der Waals surface area contributed by atoms with Crippen molar-refractivity contribution in [2.45, 2.75) is 16.2 Å². The van der Waals surface area contributed by atoms with Gasteiger partial charge in [0.1, 0.15) is 0 Å². The fourth-order valence-electron chi connectivity index (χ4n) is 22.0. The van der Waals surface area contributed by atoms with Crippen LogP contribution in [0.4, 0.5) is 56.9 Å². The predicted octanol–water partition coefficient (Wildman–Crippen LogP) is 32.6. The normalized spacial score (nSPS) is 13.2. The zero-order valence-corrected chi connectivity index (χ0v) is 71.6. The summed E-state index contributed by atoms with van der Waals surface area (Å²) in [7, 11) is 0. The van der Waals surface area contributed by atoms with Crippen LogP contribution in [0.15, 0.2) is 496 Å². The summed E-state index contributed by atoms with van der Waals surface area (Å²) in [6, 6.07) is 179. The smallest absolute Gasteiger partial charge is 0.0726 e. The molecule has 0 fully saturated rings. The number of nitrogens with zero attached hydrogens (tertiary/aromatic N) is 2. The Morgan fingerprint density at radius 1 is 0.148 bits per heavy atom. The lowest BCUT2D eigenvalue weighted by molar-refractivity contribution is 0.793. The van der Waals surface area contributed by atoms with E-state index >= 15 is 0 Å². The van der Waals surface area contributed by atoms with Gasteiger partial charge in [0.15, 0.2) is 0 Å². The SMILES string of the molecule is Brc1ccc2c(c1)C1(c3ccccc3-c3ccccc31)c1ccccc1-2.c1ccc(N(c2ccc(-c3ccc(N(c4ccccc4)c4ccc5c(c4)C4(c6ccccc6-c6ccccc64)c4ccccc4-5)cc3)cc2)c2ccc3c(c2)C2(c4ccccc4-c4ccccc42)c2ccccc2-3)cc1.c1ccc(Nc2ccc(-c3ccc(Nc4ccccc4)cc3)cc2)cc1. The number of nitrogens with one attached hydrogen (secondary N) is 2. The molecule has 20 aromatic rings. The molecule has 5 heteroatoms. The van der Waals surface area contributed by atoms with Crippen LogP contribution in [0.5, 0.6) is 0 Å². The zero-order valence-electron chi connectivity index (χ0n) is 70.0. The van der Waals surface area contributed by atoms with Gasteiger partial charge in [-0.1, -0.05) is 374 Å². The fraction of sp³-hybridized carbons (Fsp3) is 0.0244. The number of fused-ring (bicyclic) bond motifs is 30. The summed E-state index contributed by atoms with van der Waals surface area (Å²) >= 11 is 3.72. The van der Waals surface area contributed by atoms with Crippen molar-refractivity contribution < 1.29 is 0 Å². The quantitative estimate of drug-likeness (QED) is 0.128. The first-order valence-corrected chi connectivity index (χ1v) is 44.9. The monoisotopic (exact) mass is 1690 g/mol. The third-order valence-electron chi connectivity index (χ3n) is 27.3. The minimum atomic E-state index is -0.424. The van der Waals surface area contributed by atoms with Crippen molar-refractivity contribution in [2.24, 2.45) is 0 Å². The van der Waals surface area contributed by atoms with Crippen LogP contribution < -0.4 is 20.4 Å². The summed E-state index contributed by atoms with van der Waals surface area (Å²) in [5.74, 6) is 0. The van der Waals surface area contributed by atoms with Crippen molar-refractivity contribution in [3.8, 4) is 89.0 Å². The van der Waals surface area contributed by atoms with Crippen LogP contribution in [0.2, 0.25) is 0 Å². The van der Waals surface area contributed by atoms with Gasteiger partial charge in [0.25, 0.3) is 0 Å². The summed E-state index contributed by atoms with van der Waals surface area (Å²) < 4.78 is 1.13. The Morgan fingerprint density at radius 2 is 0.336 bits per heavy atom. The molecule has 0 saturated heterocycles. The average molecular weight is 1700 g/mol. The Kier molecular flexibility index (Phi) is 18.4. The summed E-state index contributed by atoms with van der Waals surface area (Å²) in [5, 5.41) is 6.82. The fourth-order valence-corrected chi connectivity index (χ4v) is 22.4. The number of para-hydroxylation sites is 4. The van der Waals surface area contributed by atoms with Gasteiger partial charge in [-0.15, -0.1) is 0 Å². The van der Waals surface area contributed by atoms with Gasteiger partial charge in [-0.05, 0) is 289 Å². The first-order valence-electron chi connectivity index (χ1n) is 44.1. The van der Waals surface area contributed by atoms with E-state index < -0.39 is 10.8 Å². The zero-order chi connectivity index (χ0) is 84.9. The van der Waals surface area contributed by atoms with E-state index in [9.17, 15) is 0 Å². The maximum atomic E-state index is 3.72. The second kappa shape index (κ2) is 31.1. The van der Waals surface area contributed by atoms with Crippen molar-refractivity contribution in [2.75, 3.05) is 20.4 Å². The molecule has 0 radical (unpaired) electrons. The maximum Gasteiger partial charge on any atom is 0.0726 e. The van der Waals surface area contributed by atoms with Crippen molar-refractivity contribution in [1.29, 1.82) is 0 Å².